The van der Waals surface area contributed by atoms with Crippen LogP contribution < -0.4 is 15.8 Å². The van der Waals surface area contributed by atoms with E-state index in [4.69, 9.17) is 10.5 Å². The zero-order chi connectivity index (χ0) is 13.5. The fourth-order valence-electron chi connectivity index (χ4n) is 1.41. The molecule has 3 N–H and O–H groups in total. The molecule has 0 heterocycles. The van der Waals surface area contributed by atoms with Crippen LogP contribution in [0, 0.1) is 0 Å². The topological polar surface area (TPSA) is 81.4 Å². The molecule has 0 aliphatic heterocycles. The number of Topliss-reactive ketones (excluding diaryl/α,β-unsaturated/α-hetero) is 1. The van der Waals surface area contributed by atoms with Crippen LogP contribution in [0.15, 0.2) is 18.2 Å². The van der Waals surface area contributed by atoms with E-state index in [-0.39, 0.29) is 18.3 Å². The molecule has 0 radical (unpaired) electrons. The summed E-state index contributed by atoms with van der Waals surface area (Å²) in [6.07, 6.45) is 0.867. The molecule has 5 heteroatoms. The van der Waals surface area contributed by atoms with Crippen molar-refractivity contribution >= 4 is 17.4 Å². The maximum Gasteiger partial charge on any atom is 0.257 e. The molecule has 1 amide bonds. The van der Waals surface area contributed by atoms with Gasteiger partial charge in [0.05, 0.1) is 5.56 Å². The average Bonchev–Trinajstić information content (AvgIpc) is 2.34. The molecule has 0 unspecified atom stereocenters. The van der Waals surface area contributed by atoms with Crippen LogP contribution in [0.25, 0.3) is 0 Å². The molecule has 0 spiro atoms. The van der Waals surface area contributed by atoms with Crippen LogP contribution in [0.3, 0.4) is 0 Å². The van der Waals surface area contributed by atoms with Crippen LogP contribution in [0.2, 0.25) is 0 Å². The fourth-order valence-corrected chi connectivity index (χ4v) is 1.41. The molecule has 0 aliphatic carbocycles. The molecule has 0 aliphatic rings. The number of nitrogens with one attached hydrogen (secondary N) is 1. The lowest BCUT2D eigenvalue weighted by molar-refractivity contribution is -0.123. The SMILES string of the molecule is CCCNC(=O)COc1ccc(N)cc1C(C)=O. The van der Waals surface area contributed by atoms with E-state index in [9.17, 15) is 9.59 Å². The Labute approximate surface area is 106 Å². The summed E-state index contributed by atoms with van der Waals surface area (Å²) in [7, 11) is 0. The van der Waals surface area contributed by atoms with Crippen molar-refractivity contribution in [2.75, 3.05) is 18.9 Å². The van der Waals surface area contributed by atoms with Gasteiger partial charge >= 0.3 is 0 Å². The summed E-state index contributed by atoms with van der Waals surface area (Å²) in [5.74, 6) is 0.0257. The minimum Gasteiger partial charge on any atom is -0.483 e. The average molecular weight is 250 g/mol. The number of rotatable bonds is 6. The van der Waals surface area contributed by atoms with Crippen LogP contribution in [0.1, 0.15) is 30.6 Å². The van der Waals surface area contributed by atoms with Crippen LogP contribution in [0.5, 0.6) is 5.75 Å². The molecule has 0 saturated carbocycles. The number of nitrogens with two attached hydrogens (primary N) is 1. The highest BCUT2D eigenvalue weighted by Crippen LogP contribution is 2.21. The van der Waals surface area contributed by atoms with Gasteiger partial charge in [-0.15, -0.1) is 0 Å². The maximum atomic E-state index is 11.4. The summed E-state index contributed by atoms with van der Waals surface area (Å²) in [5, 5.41) is 2.69. The minimum absolute atomic E-state index is 0.107. The predicted molar refractivity (Wildman–Crippen MR) is 69.7 cm³/mol. The summed E-state index contributed by atoms with van der Waals surface area (Å²) >= 11 is 0. The lowest BCUT2D eigenvalue weighted by atomic mass is 10.1. The number of amides is 1. The molecule has 0 atom stereocenters. The van der Waals surface area contributed by atoms with Gasteiger partial charge in [-0.25, -0.2) is 0 Å². The van der Waals surface area contributed by atoms with Gasteiger partial charge in [-0.1, -0.05) is 6.92 Å². The number of ketones is 1. The van der Waals surface area contributed by atoms with E-state index in [0.29, 0.717) is 23.5 Å². The smallest absolute Gasteiger partial charge is 0.257 e. The summed E-state index contributed by atoms with van der Waals surface area (Å²) in [6.45, 7) is 3.90. The number of ether oxygens (including phenoxy) is 1. The Kier molecular flexibility index (Phi) is 5.17. The van der Waals surface area contributed by atoms with E-state index >= 15 is 0 Å². The highest BCUT2D eigenvalue weighted by atomic mass is 16.5. The van der Waals surface area contributed by atoms with Crippen LogP contribution in [-0.2, 0) is 4.79 Å². The molecular formula is C13H18N2O3. The van der Waals surface area contributed by atoms with Crippen molar-refractivity contribution in [3.63, 3.8) is 0 Å². The Morgan fingerprint density at radius 2 is 2.11 bits per heavy atom. The number of carbonyl (C=O) groups is 2. The molecular weight excluding hydrogens is 232 g/mol. The molecule has 0 fully saturated rings. The Hall–Kier alpha value is -2.04. The van der Waals surface area contributed by atoms with Crippen LogP contribution in [0.4, 0.5) is 5.69 Å². The van der Waals surface area contributed by atoms with Gasteiger partial charge in [-0.2, -0.15) is 0 Å². The zero-order valence-corrected chi connectivity index (χ0v) is 10.7. The van der Waals surface area contributed by atoms with E-state index in [0.717, 1.165) is 6.42 Å². The number of benzene rings is 1. The second kappa shape index (κ2) is 6.64. The first-order valence-corrected chi connectivity index (χ1v) is 5.84. The minimum atomic E-state index is -0.205. The van der Waals surface area contributed by atoms with Crippen molar-refractivity contribution in [3.8, 4) is 5.75 Å². The lowest BCUT2D eigenvalue weighted by Crippen LogP contribution is -2.29. The number of hydrogen-bond donors (Lipinski definition) is 2. The highest BCUT2D eigenvalue weighted by Gasteiger charge is 2.10. The number of nitrogen functional groups attached to an aromatic ring is 1. The van der Waals surface area contributed by atoms with Gasteiger partial charge in [0.2, 0.25) is 0 Å². The molecule has 1 aromatic rings. The monoisotopic (exact) mass is 250 g/mol. The third kappa shape index (κ3) is 4.08. The molecule has 1 aromatic carbocycles. The van der Waals surface area contributed by atoms with E-state index in [1.54, 1.807) is 18.2 Å². The predicted octanol–water partition coefficient (Wildman–Crippen LogP) is 1.38. The van der Waals surface area contributed by atoms with Gasteiger partial charge in [-0.05, 0) is 31.5 Å². The van der Waals surface area contributed by atoms with Gasteiger partial charge in [-0.3, -0.25) is 9.59 Å². The van der Waals surface area contributed by atoms with E-state index < -0.39 is 0 Å². The van der Waals surface area contributed by atoms with E-state index in [1.807, 2.05) is 6.92 Å². The number of anilines is 1. The first-order valence-electron chi connectivity index (χ1n) is 5.84. The van der Waals surface area contributed by atoms with Crippen molar-refractivity contribution in [1.82, 2.24) is 5.32 Å². The largest absolute Gasteiger partial charge is 0.483 e. The second-order valence-corrected chi connectivity index (χ2v) is 3.95. The first-order chi connectivity index (χ1) is 8.54. The van der Waals surface area contributed by atoms with Crippen molar-refractivity contribution < 1.29 is 14.3 Å². The Morgan fingerprint density at radius 3 is 2.72 bits per heavy atom. The van der Waals surface area contributed by atoms with Crippen molar-refractivity contribution in [2.24, 2.45) is 0 Å². The van der Waals surface area contributed by atoms with Gasteiger partial charge in [0.15, 0.2) is 12.4 Å². The summed E-state index contributed by atoms with van der Waals surface area (Å²) in [5.41, 5.74) is 6.48. The molecule has 18 heavy (non-hydrogen) atoms. The van der Waals surface area contributed by atoms with Gasteiger partial charge in [0, 0.05) is 12.2 Å². The molecule has 0 aromatic heterocycles. The van der Waals surface area contributed by atoms with Gasteiger partial charge < -0.3 is 15.8 Å². The Morgan fingerprint density at radius 1 is 1.39 bits per heavy atom. The summed E-state index contributed by atoms with van der Waals surface area (Å²) in [6, 6.07) is 4.77. The summed E-state index contributed by atoms with van der Waals surface area (Å²) < 4.78 is 5.32. The van der Waals surface area contributed by atoms with Crippen LogP contribution in [-0.4, -0.2) is 24.8 Å². The number of carbonyl (C=O) groups excluding carboxylic acids is 2. The molecule has 5 nitrogen and oxygen atoms in total. The van der Waals surface area contributed by atoms with Crippen molar-refractivity contribution in [1.29, 1.82) is 0 Å². The molecule has 0 bridgehead atoms. The zero-order valence-electron chi connectivity index (χ0n) is 10.7. The molecule has 98 valence electrons. The van der Waals surface area contributed by atoms with E-state index in [1.165, 1.54) is 6.92 Å². The Bertz CT molecular complexity index is 444. The molecule has 1 rings (SSSR count). The maximum absolute atomic E-state index is 11.4. The van der Waals surface area contributed by atoms with E-state index in [2.05, 4.69) is 5.32 Å². The normalized spacial score (nSPS) is 9.89. The van der Waals surface area contributed by atoms with Gasteiger partial charge in [0.25, 0.3) is 5.91 Å². The third-order valence-corrected chi connectivity index (χ3v) is 2.31. The van der Waals surface area contributed by atoms with Crippen LogP contribution >= 0.6 is 0 Å². The van der Waals surface area contributed by atoms with Gasteiger partial charge in [0.1, 0.15) is 5.75 Å². The Balaban J connectivity index is 2.67. The summed E-state index contributed by atoms with van der Waals surface area (Å²) in [4.78, 5) is 22.8. The first kappa shape index (κ1) is 14.0. The number of hydrogen-bond acceptors (Lipinski definition) is 4. The fraction of sp³-hybridized carbons (Fsp3) is 0.385. The standard InChI is InChI=1S/C13H18N2O3/c1-3-6-15-13(17)8-18-12-5-4-10(14)7-11(12)9(2)16/h4-5,7H,3,6,8,14H2,1-2H3,(H,15,17). The lowest BCUT2D eigenvalue weighted by Gasteiger charge is -2.10. The molecule has 0 saturated heterocycles. The van der Waals surface area contributed by atoms with Crippen molar-refractivity contribution in [2.45, 2.75) is 20.3 Å². The second-order valence-electron chi connectivity index (χ2n) is 3.95. The third-order valence-electron chi connectivity index (χ3n) is 2.31. The van der Waals surface area contributed by atoms with Crippen molar-refractivity contribution in [3.05, 3.63) is 23.8 Å². The quantitative estimate of drug-likeness (QED) is 0.590. The highest BCUT2D eigenvalue weighted by molar-refractivity contribution is 5.97.